The van der Waals surface area contributed by atoms with Gasteiger partial charge >= 0.3 is 0 Å². The van der Waals surface area contributed by atoms with Crippen molar-refractivity contribution < 1.29 is 0 Å². The molecule has 0 saturated carbocycles. The first-order valence-corrected chi connectivity index (χ1v) is 7.82. The monoisotopic (exact) mass is 253 g/mol. The summed E-state index contributed by atoms with van der Waals surface area (Å²) < 4.78 is 1.99. The van der Waals surface area contributed by atoms with Crippen LogP contribution in [-0.4, -0.2) is 3.96 Å². The van der Waals surface area contributed by atoms with E-state index < -0.39 is 0 Å². The van der Waals surface area contributed by atoms with Crippen molar-refractivity contribution >= 4 is 11.5 Å². The van der Waals surface area contributed by atoms with Gasteiger partial charge in [0.1, 0.15) is 0 Å². The molecule has 0 N–H and O–H groups in total. The highest BCUT2D eigenvalue weighted by molar-refractivity contribution is 7.06. The van der Waals surface area contributed by atoms with Gasteiger partial charge in [-0.3, -0.25) is 8.75 Å². The minimum Gasteiger partial charge on any atom is -0.268 e. The molecule has 0 saturated heterocycles. The molecule has 1 aliphatic carbocycles. The van der Waals surface area contributed by atoms with Gasteiger partial charge in [0.15, 0.2) is 0 Å². The average Bonchev–Trinajstić information content (AvgIpc) is 2.88. The van der Waals surface area contributed by atoms with E-state index in [1.54, 1.807) is 11.5 Å². The molecule has 1 aliphatic rings. The summed E-state index contributed by atoms with van der Waals surface area (Å²) in [6, 6.07) is 0. The van der Waals surface area contributed by atoms with E-state index in [-0.39, 0.29) is 0 Å². The van der Waals surface area contributed by atoms with Crippen molar-refractivity contribution in [3.05, 3.63) is 20.8 Å². The van der Waals surface area contributed by atoms with E-state index in [4.69, 9.17) is 0 Å². The van der Waals surface area contributed by atoms with Crippen molar-refractivity contribution in [1.29, 1.82) is 0 Å². The Bertz CT molecular complexity index is 405. The number of aromatic nitrogens is 1. The highest BCUT2D eigenvalue weighted by atomic mass is 32.1. The van der Waals surface area contributed by atoms with Crippen LogP contribution >= 0.6 is 11.5 Å². The molecule has 0 spiro atoms. The Labute approximate surface area is 108 Å². The molecule has 0 atom stereocenters. The molecule has 0 unspecified atom stereocenters. The molecule has 0 aromatic carbocycles. The van der Waals surface area contributed by atoms with Crippen LogP contribution in [0, 0.1) is 0 Å². The Morgan fingerprint density at radius 1 is 1.12 bits per heavy atom. The Hall–Kier alpha value is -0.570. The molecule has 96 valence electrons. The summed E-state index contributed by atoms with van der Waals surface area (Å²) >= 11 is 1.72. The Kier molecular flexibility index (Phi) is 4.84. The van der Waals surface area contributed by atoms with Crippen LogP contribution in [0.1, 0.15) is 62.3 Å². The lowest BCUT2D eigenvalue weighted by molar-refractivity contribution is 0.568. The number of aryl methyl sites for hydroxylation is 2. The van der Waals surface area contributed by atoms with Gasteiger partial charge in [-0.2, -0.15) is 0 Å². The third-order valence-corrected chi connectivity index (χ3v) is 4.83. The predicted octanol–water partition coefficient (Wildman–Crippen LogP) is 3.76. The van der Waals surface area contributed by atoms with Gasteiger partial charge in [0, 0.05) is 17.0 Å². The quantitative estimate of drug-likeness (QED) is 0.678. The van der Waals surface area contributed by atoms with Crippen molar-refractivity contribution in [2.75, 3.05) is 0 Å². The summed E-state index contributed by atoms with van der Waals surface area (Å²) in [6.45, 7) is 3.19. The normalized spacial score (nSPS) is 14.2. The van der Waals surface area contributed by atoms with Gasteiger partial charge in [-0.25, -0.2) is 0 Å². The predicted molar refractivity (Wildman–Crippen MR) is 74.0 cm³/mol. The second kappa shape index (κ2) is 6.39. The molecule has 1 aromatic rings. The molecule has 2 nitrogen and oxygen atoms in total. The molecular formula is C14H23NOS. The van der Waals surface area contributed by atoms with E-state index in [1.807, 2.05) is 3.96 Å². The van der Waals surface area contributed by atoms with Gasteiger partial charge in [0.05, 0.1) is 0 Å². The fourth-order valence-electron chi connectivity index (χ4n) is 2.55. The van der Waals surface area contributed by atoms with Crippen LogP contribution in [0.4, 0.5) is 0 Å². The molecule has 0 amide bonds. The van der Waals surface area contributed by atoms with E-state index in [0.717, 1.165) is 24.9 Å². The van der Waals surface area contributed by atoms with Crippen LogP contribution in [-0.2, 0) is 19.4 Å². The fourth-order valence-corrected chi connectivity index (χ4v) is 3.77. The number of hydrogen-bond acceptors (Lipinski definition) is 2. The van der Waals surface area contributed by atoms with Crippen molar-refractivity contribution in [3.8, 4) is 0 Å². The van der Waals surface area contributed by atoms with Crippen LogP contribution in [0.25, 0.3) is 0 Å². The number of nitrogens with zero attached hydrogens (tertiary/aromatic N) is 1. The van der Waals surface area contributed by atoms with Gasteiger partial charge in [-0.15, -0.1) is 0 Å². The number of rotatable bonds is 7. The van der Waals surface area contributed by atoms with Gasteiger partial charge < -0.3 is 0 Å². The molecule has 0 bridgehead atoms. The minimum absolute atomic E-state index is 0.316. The molecule has 0 radical (unpaired) electrons. The second-order valence-electron chi connectivity index (χ2n) is 5.02. The molecule has 3 heteroatoms. The van der Waals surface area contributed by atoms with Crippen molar-refractivity contribution in [2.45, 2.75) is 71.3 Å². The van der Waals surface area contributed by atoms with Crippen LogP contribution in [0.5, 0.6) is 0 Å². The number of fused-ring (bicyclic) bond motifs is 1. The topological polar surface area (TPSA) is 22.0 Å². The standard InChI is InChI=1S/C14H23NOS/c1-2-3-4-5-6-7-11-15-14(16)12-9-8-10-13(12)17-15/h2-11H2,1H3. The molecule has 0 aliphatic heterocycles. The summed E-state index contributed by atoms with van der Waals surface area (Å²) in [4.78, 5) is 13.4. The third-order valence-electron chi connectivity index (χ3n) is 3.59. The Balaban J connectivity index is 1.74. The van der Waals surface area contributed by atoms with E-state index in [2.05, 4.69) is 6.92 Å². The first-order valence-electron chi connectivity index (χ1n) is 7.04. The Morgan fingerprint density at radius 2 is 1.88 bits per heavy atom. The van der Waals surface area contributed by atoms with E-state index >= 15 is 0 Å². The zero-order valence-electron chi connectivity index (χ0n) is 10.8. The van der Waals surface area contributed by atoms with Crippen LogP contribution in [0.3, 0.4) is 0 Å². The lowest BCUT2D eigenvalue weighted by Crippen LogP contribution is -2.16. The summed E-state index contributed by atoms with van der Waals surface area (Å²) in [5, 5.41) is 0. The maximum Gasteiger partial charge on any atom is 0.264 e. The summed E-state index contributed by atoms with van der Waals surface area (Å²) in [6.07, 6.45) is 11.1. The summed E-state index contributed by atoms with van der Waals surface area (Å²) in [5.74, 6) is 0. The van der Waals surface area contributed by atoms with E-state index in [1.165, 1.54) is 49.8 Å². The van der Waals surface area contributed by atoms with Crippen LogP contribution in [0.15, 0.2) is 4.79 Å². The Morgan fingerprint density at radius 3 is 2.65 bits per heavy atom. The van der Waals surface area contributed by atoms with Crippen molar-refractivity contribution in [3.63, 3.8) is 0 Å². The van der Waals surface area contributed by atoms with Crippen molar-refractivity contribution in [2.24, 2.45) is 0 Å². The SMILES string of the molecule is CCCCCCCCn1sc2c(c1=O)CCC2. The number of unbranched alkanes of at least 4 members (excludes halogenated alkanes) is 5. The third kappa shape index (κ3) is 3.21. The minimum atomic E-state index is 0.316. The lowest BCUT2D eigenvalue weighted by atomic mass is 10.1. The van der Waals surface area contributed by atoms with Crippen molar-refractivity contribution in [1.82, 2.24) is 3.96 Å². The van der Waals surface area contributed by atoms with Gasteiger partial charge in [-0.05, 0) is 25.7 Å². The lowest BCUT2D eigenvalue weighted by Gasteiger charge is -2.01. The molecule has 1 aromatic heterocycles. The molecule has 1 heterocycles. The van der Waals surface area contributed by atoms with E-state index in [9.17, 15) is 4.79 Å². The number of hydrogen-bond donors (Lipinski definition) is 0. The summed E-state index contributed by atoms with van der Waals surface area (Å²) in [7, 11) is 0. The molecule has 2 rings (SSSR count). The zero-order valence-corrected chi connectivity index (χ0v) is 11.7. The maximum atomic E-state index is 12.0. The zero-order chi connectivity index (χ0) is 12.1. The highest BCUT2D eigenvalue weighted by Gasteiger charge is 2.19. The average molecular weight is 253 g/mol. The second-order valence-corrected chi connectivity index (χ2v) is 6.14. The van der Waals surface area contributed by atoms with Gasteiger partial charge in [0.25, 0.3) is 5.56 Å². The smallest absolute Gasteiger partial charge is 0.264 e. The van der Waals surface area contributed by atoms with Crippen LogP contribution in [0.2, 0.25) is 0 Å². The highest BCUT2D eigenvalue weighted by Crippen LogP contribution is 2.23. The van der Waals surface area contributed by atoms with Gasteiger partial charge in [0.2, 0.25) is 0 Å². The maximum absolute atomic E-state index is 12.0. The largest absolute Gasteiger partial charge is 0.268 e. The molecule has 0 fully saturated rings. The summed E-state index contributed by atoms with van der Waals surface area (Å²) in [5.41, 5.74) is 1.44. The molecule has 17 heavy (non-hydrogen) atoms. The fraction of sp³-hybridized carbons (Fsp3) is 0.786. The van der Waals surface area contributed by atoms with E-state index in [0.29, 0.717) is 5.56 Å². The first-order chi connectivity index (χ1) is 8.33. The van der Waals surface area contributed by atoms with Crippen LogP contribution < -0.4 is 5.56 Å². The first kappa shape index (κ1) is 12.9. The molecular weight excluding hydrogens is 230 g/mol. The van der Waals surface area contributed by atoms with Gasteiger partial charge in [-0.1, -0.05) is 50.6 Å².